The fourth-order valence-electron chi connectivity index (χ4n) is 1.57. The van der Waals surface area contributed by atoms with Gasteiger partial charge >= 0.3 is 0 Å². The molecule has 0 saturated heterocycles. The summed E-state index contributed by atoms with van der Waals surface area (Å²) in [5, 5.41) is 10.3. The van der Waals surface area contributed by atoms with E-state index in [0.29, 0.717) is 5.56 Å². The van der Waals surface area contributed by atoms with Crippen LogP contribution < -0.4 is 0 Å². The second kappa shape index (κ2) is 4.64. The van der Waals surface area contributed by atoms with Gasteiger partial charge in [0.25, 0.3) is 0 Å². The molecule has 1 N–H and O–H groups in total. The van der Waals surface area contributed by atoms with Crippen molar-refractivity contribution in [3.63, 3.8) is 0 Å². The number of rotatable bonds is 2. The molecule has 2 aromatic carbocycles. The molecule has 82 valence electrons. The largest absolute Gasteiger partial charge is 0.383 e. The van der Waals surface area contributed by atoms with Crippen LogP contribution in [0.5, 0.6) is 0 Å². The topological polar surface area (TPSA) is 20.2 Å². The van der Waals surface area contributed by atoms with Crippen LogP contribution in [0.25, 0.3) is 0 Å². The van der Waals surface area contributed by atoms with Crippen LogP contribution in [-0.4, -0.2) is 5.11 Å². The summed E-state index contributed by atoms with van der Waals surface area (Å²) in [5.74, 6) is -0.496. The Hall–Kier alpha value is -1.38. The summed E-state index contributed by atoms with van der Waals surface area (Å²) in [6.07, 6.45) is -1.03. The first-order valence-electron chi connectivity index (χ1n) is 4.87. The minimum absolute atomic E-state index is 0.121. The van der Waals surface area contributed by atoms with Gasteiger partial charge in [0.2, 0.25) is 0 Å². The van der Waals surface area contributed by atoms with Gasteiger partial charge in [-0.05, 0) is 17.7 Å². The first kappa shape index (κ1) is 11.1. The van der Waals surface area contributed by atoms with Crippen molar-refractivity contribution >= 4 is 11.6 Å². The lowest BCUT2D eigenvalue weighted by molar-refractivity contribution is 0.215. The van der Waals surface area contributed by atoms with Gasteiger partial charge < -0.3 is 5.11 Å². The van der Waals surface area contributed by atoms with E-state index in [0.717, 1.165) is 0 Å². The van der Waals surface area contributed by atoms with Gasteiger partial charge in [0.1, 0.15) is 11.9 Å². The Labute approximate surface area is 98.1 Å². The summed E-state index contributed by atoms with van der Waals surface area (Å²) in [7, 11) is 0. The van der Waals surface area contributed by atoms with Crippen molar-refractivity contribution in [2.75, 3.05) is 0 Å². The zero-order valence-corrected chi connectivity index (χ0v) is 9.16. The second-order valence-electron chi connectivity index (χ2n) is 3.45. The molecular formula is C13H10ClFO. The predicted octanol–water partition coefficient (Wildman–Crippen LogP) is 3.56. The van der Waals surface area contributed by atoms with Crippen molar-refractivity contribution in [1.29, 1.82) is 0 Å². The number of aliphatic hydroxyl groups excluding tert-OH is 1. The number of benzene rings is 2. The quantitative estimate of drug-likeness (QED) is 0.845. The second-order valence-corrected chi connectivity index (χ2v) is 3.86. The van der Waals surface area contributed by atoms with Crippen molar-refractivity contribution in [2.24, 2.45) is 0 Å². The van der Waals surface area contributed by atoms with E-state index in [9.17, 15) is 9.50 Å². The Bertz CT molecular complexity index is 464. The maximum absolute atomic E-state index is 13.5. The van der Waals surface area contributed by atoms with E-state index in [-0.39, 0.29) is 10.6 Å². The minimum Gasteiger partial charge on any atom is -0.383 e. The summed E-state index contributed by atoms with van der Waals surface area (Å²) in [4.78, 5) is 0. The van der Waals surface area contributed by atoms with Crippen molar-refractivity contribution in [3.05, 3.63) is 70.5 Å². The molecule has 16 heavy (non-hydrogen) atoms. The van der Waals surface area contributed by atoms with Gasteiger partial charge in [0, 0.05) is 10.6 Å². The Morgan fingerprint density at radius 1 is 1.00 bits per heavy atom. The molecule has 0 aromatic heterocycles. The standard InChI is InChI=1S/C13H10ClFO/c14-10-7-4-8-11(15)12(10)13(16)9-5-2-1-3-6-9/h1-8,13,16H. The molecule has 3 heteroatoms. The Morgan fingerprint density at radius 2 is 1.69 bits per heavy atom. The number of halogens is 2. The molecule has 2 rings (SSSR count). The van der Waals surface area contributed by atoms with Gasteiger partial charge in [-0.2, -0.15) is 0 Å². The van der Waals surface area contributed by atoms with Gasteiger partial charge in [-0.3, -0.25) is 0 Å². The van der Waals surface area contributed by atoms with Gasteiger partial charge in [-0.1, -0.05) is 48.0 Å². The van der Waals surface area contributed by atoms with E-state index in [2.05, 4.69) is 0 Å². The molecule has 0 aliphatic carbocycles. The molecule has 0 heterocycles. The summed E-state index contributed by atoms with van der Waals surface area (Å²) in [6.45, 7) is 0. The molecule has 1 atom stereocenters. The molecule has 0 saturated carbocycles. The van der Waals surface area contributed by atoms with Crippen molar-refractivity contribution in [3.8, 4) is 0 Å². The van der Waals surface area contributed by atoms with Crippen molar-refractivity contribution in [1.82, 2.24) is 0 Å². The van der Waals surface area contributed by atoms with Crippen molar-refractivity contribution < 1.29 is 9.50 Å². The molecule has 0 aliphatic rings. The van der Waals surface area contributed by atoms with Gasteiger partial charge in [-0.25, -0.2) is 4.39 Å². The lowest BCUT2D eigenvalue weighted by Crippen LogP contribution is -2.03. The molecule has 2 aromatic rings. The Balaban J connectivity index is 2.46. The van der Waals surface area contributed by atoms with Crippen LogP contribution in [0.4, 0.5) is 4.39 Å². The fourth-order valence-corrected chi connectivity index (χ4v) is 1.84. The SMILES string of the molecule is OC(c1ccccc1)c1c(F)cccc1Cl. The molecule has 0 fully saturated rings. The Morgan fingerprint density at radius 3 is 2.31 bits per heavy atom. The molecule has 1 unspecified atom stereocenters. The maximum Gasteiger partial charge on any atom is 0.130 e. The van der Waals surface area contributed by atoms with E-state index in [1.165, 1.54) is 12.1 Å². The fraction of sp³-hybridized carbons (Fsp3) is 0.0769. The first-order chi connectivity index (χ1) is 7.70. The first-order valence-corrected chi connectivity index (χ1v) is 5.25. The van der Waals surface area contributed by atoms with Crippen LogP contribution in [0.15, 0.2) is 48.5 Å². The van der Waals surface area contributed by atoms with Gasteiger partial charge in [0.15, 0.2) is 0 Å². The van der Waals surface area contributed by atoms with Crippen LogP contribution >= 0.6 is 11.6 Å². The average molecular weight is 237 g/mol. The van der Waals surface area contributed by atoms with Gasteiger partial charge in [0.05, 0.1) is 0 Å². The van der Waals surface area contributed by atoms with Crippen LogP contribution in [0.2, 0.25) is 5.02 Å². The summed E-state index contributed by atoms with van der Waals surface area (Å²) in [6, 6.07) is 13.2. The zero-order chi connectivity index (χ0) is 11.5. The summed E-state index contributed by atoms with van der Waals surface area (Å²) < 4.78 is 13.5. The lowest BCUT2D eigenvalue weighted by Gasteiger charge is -2.13. The monoisotopic (exact) mass is 236 g/mol. The number of hydrogen-bond acceptors (Lipinski definition) is 1. The third-order valence-corrected chi connectivity index (χ3v) is 2.72. The van der Waals surface area contributed by atoms with E-state index in [4.69, 9.17) is 11.6 Å². The molecule has 0 spiro atoms. The highest BCUT2D eigenvalue weighted by Crippen LogP contribution is 2.30. The molecular weight excluding hydrogens is 227 g/mol. The average Bonchev–Trinajstić information content (AvgIpc) is 2.30. The highest BCUT2D eigenvalue weighted by Gasteiger charge is 2.17. The molecule has 0 aliphatic heterocycles. The number of aliphatic hydroxyl groups is 1. The molecule has 0 bridgehead atoms. The lowest BCUT2D eigenvalue weighted by atomic mass is 10.0. The highest BCUT2D eigenvalue weighted by molar-refractivity contribution is 6.31. The van der Waals surface area contributed by atoms with Crippen LogP contribution in [0, 0.1) is 5.82 Å². The van der Waals surface area contributed by atoms with Gasteiger partial charge in [-0.15, -0.1) is 0 Å². The zero-order valence-electron chi connectivity index (χ0n) is 8.40. The third-order valence-electron chi connectivity index (χ3n) is 2.39. The summed E-state index contributed by atoms with van der Waals surface area (Å²) in [5.41, 5.74) is 0.741. The summed E-state index contributed by atoms with van der Waals surface area (Å²) >= 11 is 5.87. The van der Waals surface area contributed by atoms with Crippen LogP contribution in [0.3, 0.4) is 0 Å². The Kier molecular flexibility index (Phi) is 3.22. The molecule has 0 radical (unpaired) electrons. The third kappa shape index (κ3) is 2.08. The highest BCUT2D eigenvalue weighted by atomic mass is 35.5. The minimum atomic E-state index is -1.03. The molecule has 1 nitrogen and oxygen atoms in total. The van der Waals surface area contributed by atoms with Crippen LogP contribution in [-0.2, 0) is 0 Å². The maximum atomic E-state index is 13.5. The van der Waals surface area contributed by atoms with E-state index >= 15 is 0 Å². The van der Waals surface area contributed by atoms with Crippen LogP contribution in [0.1, 0.15) is 17.2 Å². The predicted molar refractivity (Wildman–Crippen MR) is 61.9 cm³/mol. The normalized spacial score (nSPS) is 12.4. The van der Waals surface area contributed by atoms with Crippen molar-refractivity contribution in [2.45, 2.75) is 6.10 Å². The number of hydrogen-bond donors (Lipinski definition) is 1. The smallest absolute Gasteiger partial charge is 0.130 e. The van der Waals surface area contributed by atoms with E-state index in [1.807, 2.05) is 6.07 Å². The van der Waals surface area contributed by atoms with E-state index in [1.54, 1.807) is 30.3 Å². The van der Waals surface area contributed by atoms with E-state index < -0.39 is 11.9 Å². The molecule has 0 amide bonds.